The monoisotopic (exact) mass is 405 g/mol. The maximum absolute atomic E-state index is 14.7. The van der Waals surface area contributed by atoms with Crippen molar-refractivity contribution < 1.29 is 9.18 Å². The lowest BCUT2D eigenvalue weighted by Crippen LogP contribution is -2.47. The van der Waals surface area contributed by atoms with Crippen molar-refractivity contribution in [3.05, 3.63) is 60.4 Å². The number of nitrogens with zero attached hydrogens (tertiary/aromatic N) is 4. The summed E-state index contributed by atoms with van der Waals surface area (Å²) in [5, 5.41) is 7.74. The SMILES string of the molecule is CN1CC[C@@]2(CC[C@H](c3cc(-c4cc(-c5cnn(C)c5)ccc4F)ccn3)N2)C1=O. The Balaban J connectivity index is 1.45. The summed E-state index contributed by atoms with van der Waals surface area (Å²) < 4.78 is 16.4. The molecule has 0 radical (unpaired) electrons. The number of likely N-dealkylation sites (N-methyl/N-ethyl adjacent to an activating group) is 1. The first-order chi connectivity index (χ1) is 14.4. The Labute approximate surface area is 174 Å². The van der Waals surface area contributed by atoms with Gasteiger partial charge in [0.25, 0.3) is 0 Å². The van der Waals surface area contributed by atoms with Gasteiger partial charge < -0.3 is 4.90 Å². The molecule has 2 aromatic heterocycles. The molecule has 0 saturated carbocycles. The van der Waals surface area contributed by atoms with Crippen LogP contribution in [0.5, 0.6) is 0 Å². The first-order valence-electron chi connectivity index (χ1n) is 10.2. The molecule has 4 heterocycles. The van der Waals surface area contributed by atoms with Crippen LogP contribution in [0.25, 0.3) is 22.3 Å². The van der Waals surface area contributed by atoms with Crippen LogP contribution in [0.1, 0.15) is 31.0 Å². The van der Waals surface area contributed by atoms with Crippen LogP contribution in [-0.2, 0) is 11.8 Å². The average molecular weight is 405 g/mol. The highest BCUT2D eigenvalue weighted by Gasteiger charge is 2.50. The fourth-order valence-corrected chi connectivity index (χ4v) is 4.69. The third-order valence-electron chi connectivity index (χ3n) is 6.39. The number of rotatable bonds is 3. The molecular weight excluding hydrogens is 381 g/mol. The van der Waals surface area contributed by atoms with Crippen molar-refractivity contribution in [1.29, 1.82) is 0 Å². The number of likely N-dealkylation sites (tertiary alicyclic amines) is 1. The van der Waals surface area contributed by atoms with E-state index < -0.39 is 5.54 Å². The van der Waals surface area contributed by atoms with Crippen LogP contribution in [0.2, 0.25) is 0 Å². The van der Waals surface area contributed by atoms with Crippen LogP contribution in [0.3, 0.4) is 0 Å². The summed E-state index contributed by atoms with van der Waals surface area (Å²) in [7, 11) is 3.71. The van der Waals surface area contributed by atoms with Gasteiger partial charge in [0.15, 0.2) is 0 Å². The van der Waals surface area contributed by atoms with E-state index in [1.54, 1.807) is 28.0 Å². The molecule has 2 atom stereocenters. The second kappa shape index (κ2) is 7.02. The quantitative estimate of drug-likeness (QED) is 0.726. The molecule has 154 valence electrons. The summed E-state index contributed by atoms with van der Waals surface area (Å²) in [6, 6.07) is 8.87. The molecular formula is C23H24FN5O. The van der Waals surface area contributed by atoms with Crippen molar-refractivity contribution >= 4 is 5.91 Å². The number of aryl methyl sites for hydroxylation is 1. The second-order valence-corrected chi connectivity index (χ2v) is 8.36. The number of hydrogen-bond donors (Lipinski definition) is 1. The number of pyridine rings is 1. The summed E-state index contributed by atoms with van der Waals surface area (Å²) in [5.74, 6) is -0.111. The third-order valence-corrected chi connectivity index (χ3v) is 6.39. The van der Waals surface area contributed by atoms with E-state index in [0.717, 1.165) is 48.2 Å². The summed E-state index contributed by atoms with van der Waals surface area (Å²) in [6.45, 7) is 0.776. The minimum Gasteiger partial charge on any atom is -0.344 e. The minimum absolute atomic E-state index is 0.00929. The highest BCUT2D eigenvalue weighted by molar-refractivity contribution is 5.88. The average Bonchev–Trinajstić information content (AvgIpc) is 3.45. The number of carbonyl (C=O) groups excluding carboxylic acids is 1. The van der Waals surface area contributed by atoms with Crippen LogP contribution in [0.15, 0.2) is 48.9 Å². The lowest BCUT2D eigenvalue weighted by molar-refractivity contribution is -0.131. The molecule has 1 amide bonds. The first kappa shape index (κ1) is 18.9. The first-order valence-corrected chi connectivity index (χ1v) is 10.2. The Hall–Kier alpha value is -3.06. The van der Waals surface area contributed by atoms with Gasteiger partial charge in [-0.1, -0.05) is 6.07 Å². The molecule has 3 aromatic rings. The number of nitrogens with one attached hydrogen (secondary N) is 1. The smallest absolute Gasteiger partial charge is 0.242 e. The molecule has 5 rings (SSSR count). The molecule has 2 saturated heterocycles. The van der Waals surface area contributed by atoms with Gasteiger partial charge in [-0.25, -0.2) is 4.39 Å². The van der Waals surface area contributed by atoms with Crippen LogP contribution < -0.4 is 5.32 Å². The fourth-order valence-electron chi connectivity index (χ4n) is 4.69. The van der Waals surface area contributed by atoms with E-state index in [0.29, 0.717) is 5.56 Å². The maximum atomic E-state index is 14.7. The molecule has 1 N–H and O–H groups in total. The zero-order valence-electron chi connectivity index (χ0n) is 17.1. The highest BCUT2D eigenvalue weighted by atomic mass is 19.1. The van der Waals surface area contributed by atoms with E-state index in [9.17, 15) is 9.18 Å². The van der Waals surface area contributed by atoms with Crippen LogP contribution >= 0.6 is 0 Å². The van der Waals surface area contributed by atoms with E-state index in [1.165, 1.54) is 6.07 Å². The molecule has 2 fully saturated rings. The molecule has 2 aliphatic rings. The van der Waals surface area contributed by atoms with Gasteiger partial charge in [-0.2, -0.15) is 5.10 Å². The normalized spacial score (nSPS) is 23.6. The van der Waals surface area contributed by atoms with E-state index in [2.05, 4.69) is 15.4 Å². The van der Waals surface area contributed by atoms with Gasteiger partial charge in [0.05, 0.1) is 17.9 Å². The van der Waals surface area contributed by atoms with Crippen LogP contribution in [0, 0.1) is 5.82 Å². The largest absolute Gasteiger partial charge is 0.344 e. The summed E-state index contributed by atoms with van der Waals surface area (Å²) in [4.78, 5) is 18.9. The topological polar surface area (TPSA) is 63.1 Å². The number of benzene rings is 1. The molecule has 0 unspecified atom stereocenters. The van der Waals surface area contributed by atoms with Gasteiger partial charge in [0, 0.05) is 44.2 Å². The standard InChI is InChI=1S/C23H24FN5O/c1-28-10-8-23(22(28)30)7-5-20(27-23)21-12-16(6-9-25-21)18-11-15(3-4-19(18)24)17-13-26-29(2)14-17/h3-4,6,9,11-14,20,27H,5,7-8,10H2,1-2H3/t20-,23+/m1/s1. The Bertz CT molecular complexity index is 1130. The maximum Gasteiger partial charge on any atom is 0.242 e. The van der Waals surface area contributed by atoms with Gasteiger partial charge >= 0.3 is 0 Å². The van der Waals surface area contributed by atoms with E-state index in [4.69, 9.17) is 0 Å². The third kappa shape index (κ3) is 3.10. The number of carbonyl (C=O) groups is 1. The number of aromatic nitrogens is 3. The van der Waals surface area contributed by atoms with Crippen molar-refractivity contribution in [2.24, 2.45) is 7.05 Å². The van der Waals surface area contributed by atoms with E-state index in [-0.39, 0.29) is 17.8 Å². The second-order valence-electron chi connectivity index (χ2n) is 8.36. The summed E-state index contributed by atoms with van der Waals surface area (Å²) >= 11 is 0. The predicted molar refractivity (Wildman–Crippen MR) is 112 cm³/mol. The van der Waals surface area contributed by atoms with Gasteiger partial charge in [-0.3, -0.25) is 19.8 Å². The Morgan fingerprint density at radius 1 is 1.13 bits per heavy atom. The predicted octanol–water partition coefficient (Wildman–Crippen LogP) is 3.31. The molecule has 30 heavy (non-hydrogen) atoms. The van der Waals surface area contributed by atoms with Gasteiger partial charge in [-0.15, -0.1) is 0 Å². The fraction of sp³-hybridized carbons (Fsp3) is 0.348. The van der Waals surface area contributed by atoms with Crippen LogP contribution in [-0.4, -0.2) is 44.7 Å². The van der Waals surface area contributed by atoms with Crippen molar-refractivity contribution in [3.63, 3.8) is 0 Å². The summed E-state index contributed by atoms with van der Waals surface area (Å²) in [6.07, 6.45) is 7.86. The van der Waals surface area contributed by atoms with Crippen molar-refractivity contribution in [3.8, 4) is 22.3 Å². The molecule has 1 aromatic carbocycles. The zero-order valence-corrected chi connectivity index (χ0v) is 17.1. The lowest BCUT2D eigenvalue weighted by atomic mass is 9.96. The Kier molecular flexibility index (Phi) is 4.43. The van der Waals surface area contributed by atoms with Gasteiger partial charge in [0.1, 0.15) is 11.4 Å². The van der Waals surface area contributed by atoms with Gasteiger partial charge in [-0.05, 0) is 54.7 Å². The van der Waals surface area contributed by atoms with E-state index in [1.807, 2.05) is 38.5 Å². The molecule has 6 nitrogen and oxygen atoms in total. The Morgan fingerprint density at radius 3 is 2.73 bits per heavy atom. The molecule has 7 heteroatoms. The van der Waals surface area contributed by atoms with E-state index >= 15 is 0 Å². The molecule has 0 aliphatic carbocycles. The van der Waals surface area contributed by atoms with Crippen LogP contribution in [0.4, 0.5) is 4.39 Å². The number of amides is 1. The number of hydrogen-bond acceptors (Lipinski definition) is 4. The van der Waals surface area contributed by atoms with Crippen molar-refractivity contribution in [2.75, 3.05) is 13.6 Å². The van der Waals surface area contributed by atoms with Crippen molar-refractivity contribution in [1.82, 2.24) is 25.0 Å². The molecule has 2 aliphatic heterocycles. The number of halogens is 1. The molecule has 0 bridgehead atoms. The van der Waals surface area contributed by atoms with Crippen molar-refractivity contribution in [2.45, 2.75) is 30.8 Å². The lowest BCUT2D eigenvalue weighted by Gasteiger charge is -2.23. The highest BCUT2D eigenvalue weighted by Crippen LogP contribution is 2.39. The van der Waals surface area contributed by atoms with Gasteiger partial charge in [0.2, 0.25) is 5.91 Å². The molecule has 1 spiro atoms. The summed E-state index contributed by atoms with van der Waals surface area (Å²) in [5.41, 5.74) is 3.54. The zero-order chi connectivity index (χ0) is 20.9. The Morgan fingerprint density at radius 2 is 2.00 bits per heavy atom. The minimum atomic E-state index is -0.470.